The van der Waals surface area contributed by atoms with Gasteiger partial charge in [0.2, 0.25) is 0 Å². The van der Waals surface area contributed by atoms with E-state index in [1.54, 1.807) is 6.07 Å². The van der Waals surface area contributed by atoms with Crippen LogP contribution in [0.25, 0.3) is 0 Å². The molecule has 0 amide bonds. The van der Waals surface area contributed by atoms with Gasteiger partial charge in [0.05, 0.1) is 17.2 Å². The first kappa shape index (κ1) is 29.7. The van der Waals surface area contributed by atoms with Crippen LogP contribution in [0.15, 0.2) is 103 Å². The minimum absolute atomic E-state index is 0.0334. The fraction of sp³-hybridized carbons (Fsp3) is 0.273. The van der Waals surface area contributed by atoms with Crippen LogP contribution in [0.4, 0.5) is 13.2 Å². The van der Waals surface area contributed by atoms with Crippen LogP contribution in [-0.4, -0.2) is 31.6 Å². The van der Waals surface area contributed by atoms with Gasteiger partial charge in [0.25, 0.3) is 0 Å². The van der Waals surface area contributed by atoms with Crippen LogP contribution >= 0.6 is 11.6 Å². The summed E-state index contributed by atoms with van der Waals surface area (Å²) < 4.78 is 46.8. The molecule has 0 spiro atoms. The maximum Gasteiger partial charge on any atom is 0.417 e. The molecule has 0 fully saturated rings. The van der Waals surface area contributed by atoms with Gasteiger partial charge in [-0.05, 0) is 53.9 Å². The van der Waals surface area contributed by atoms with Crippen molar-refractivity contribution in [1.29, 1.82) is 0 Å². The number of nitrogens with one attached hydrogen (secondary N) is 1. The van der Waals surface area contributed by atoms with E-state index >= 15 is 0 Å². The van der Waals surface area contributed by atoms with Crippen molar-refractivity contribution < 1.29 is 17.9 Å². The Labute approximate surface area is 239 Å². The van der Waals surface area contributed by atoms with Crippen molar-refractivity contribution >= 4 is 11.6 Å². The molecule has 40 heavy (non-hydrogen) atoms. The predicted octanol–water partition coefficient (Wildman–Crippen LogP) is 8.18. The lowest BCUT2D eigenvalue weighted by molar-refractivity contribution is -0.137. The molecule has 0 atom stereocenters. The topological polar surface area (TPSA) is 24.5 Å². The summed E-state index contributed by atoms with van der Waals surface area (Å²) in [5, 5.41) is 2.89. The lowest BCUT2D eigenvalue weighted by atomic mass is 9.90. The Morgan fingerprint density at radius 1 is 0.850 bits per heavy atom. The third-order valence-electron chi connectivity index (χ3n) is 6.79. The van der Waals surface area contributed by atoms with E-state index in [1.807, 2.05) is 67.7 Å². The monoisotopic (exact) mass is 566 g/mol. The van der Waals surface area contributed by atoms with Crippen LogP contribution in [0, 0.1) is 0 Å². The molecule has 0 saturated carbocycles. The third kappa shape index (κ3) is 8.34. The third-order valence-corrected chi connectivity index (χ3v) is 7.24. The number of rotatable bonds is 13. The van der Waals surface area contributed by atoms with Gasteiger partial charge in [-0.25, -0.2) is 0 Å². The molecule has 4 aromatic carbocycles. The summed E-state index contributed by atoms with van der Waals surface area (Å²) in [7, 11) is 1.90. The number of nitrogens with zero attached hydrogens (tertiary/aromatic N) is 1. The SMILES string of the molecule is CNCc1cccc(OCCCN(Cc2cccc(C(F)(F)F)c2Cl)CC(c2ccccc2)c2ccccc2)c1. The van der Waals surface area contributed by atoms with E-state index in [9.17, 15) is 13.2 Å². The second-order valence-electron chi connectivity index (χ2n) is 9.77. The highest BCUT2D eigenvalue weighted by Gasteiger charge is 2.34. The molecule has 0 unspecified atom stereocenters. The summed E-state index contributed by atoms with van der Waals surface area (Å²) in [4.78, 5) is 2.17. The number of ether oxygens (including phenoxy) is 1. The Kier molecular flexibility index (Phi) is 10.6. The van der Waals surface area contributed by atoms with Crippen LogP contribution in [0.5, 0.6) is 5.75 Å². The molecule has 0 saturated heterocycles. The Hall–Kier alpha value is -3.32. The Balaban J connectivity index is 1.55. The second kappa shape index (κ2) is 14.4. The van der Waals surface area contributed by atoms with Crippen molar-refractivity contribution in [3.63, 3.8) is 0 Å². The summed E-state index contributed by atoms with van der Waals surface area (Å²) in [6, 6.07) is 32.4. The molecule has 0 aliphatic heterocycles. The highest BCUT2D eigenvalue weighted by atomic mass is 35.5. The quantitative estimate of drug-likeness (QED) is 0.165. The van der Waals surface area contributed by atoms with E-state index in [1.165, 1.54) is 6.07 Å². The molecule has 4 rings (SSSR count). The lowest BCUT2D eigenvalue weighted by Gasteiger charge is -2.29. The van der Waals surface area contributed by atoms with Crippen LogP contribution in [-0.2, 0) is 19.3 Å². The van der Waals surface area contributed by atoms with Gasteiger partial charge in [-0.15, -0.1) is 0 Å². The second-order valence-corrected chi connectivity index (χ2v) is 10.1. The van der Waals surface area contributed by atoms with Crippen molar-refractivity contribution in [3.8, 4) is 5.75 Å². The summed E-state index contributed by atoms with van der Waals surface area (Å²) in [5.41, 5.74) is 3.07. The van der Waals surface area contributed by atoms with Crippen LogP contribution in [0.2, 0.25) is 5.02 Å². The summed E-state index contributed by atoms with van der Waals surface area (Å²) in [5.74, 6) is 0.831. The van der Waals surface area contributed by atoms with Gasteiger partial charge in [-0.1, -0.05) is 96.5 Å². The summed E-state index contributed by atoms with van der Waals surface area (Å²) in [6.45, 7) is 2.76. The first-order valence-corrected chi connectivity index (χ1v) is 13.8. The zero-order valence-corrected chi connectivity index (χ0v) is 23.3. The highest BCUT2D eigenvalue weighted by Crippen LogP contribution is 2.37. The maximum atomic E-state index is 13.6. The van der Waals surface area contributed by atoms with Gasteiger partial charge in [0, 0.05) is 32.1 Å². The van der Waals surface area contributed by atoms with Crippen molar-refractivity contribution in [2.24, 2.45) is 0 Å². The predicted molar refractivity (Wildman–Crippen MR) is 156 cm³/mol. The van der Waals surface area contributed by atoms with Gasteiger partial charge < -0.3 is 10.1 Å². The first-order chi connectivity index (χ1) is 19.3. The van der Waals surface area contributed by atoms with Crippen molar-refractivity contribution in [2.45, 2.75) is 31.6 Å². The average Bonchev–Trinajstić information content (AvgIpc) is 2.95. The first-order valence-electron chi connectivity index (χ1n) is 13.4. The van der Waals surface area contributed by atoms with E-state index in [0.29, 0.717) is 31.7 Å². The normalized spacial score (nSPS) is 11.8. The van der Waals surface area contributed by atoms with Gasteiger partial charge >= 0.3 is 6.18 Å². The van der Waals surface area contributed by atoms with Gasteiger partial charge in [0.15, 0.2) is 0 Å². The summed E-state index contributed by atoms with van der Waals surface area (Å²) >= 11 is 6.31. The molecule has 0 heterocycles. The Morgan fingerprint density at radius 2 is 1.50 bits per heavy atom. The van der Waals surface area contributed by atoms with Crippen molar-refractivity contribution in [2.75, 3.05) is 26.7 Å². The molecule has 0 bridgehead atoms. The van der Waals surface area contributed by atoms with Crippen LogP contribution in [0.3, 0.4) is 0 Å². The Bertz CT molecular complexity index is 1290. The molecule has 1 N–H and O–H groups in total. The molecule has 0 aliphatic rings. The van der Waals surface area contributed by atoms with Gasteiger partial charge in [-0.3, -0.25) is 4.90 Å². The molecule has 7 heteroatoms. The number of hydrogen-bond donors (Lipinski definition) is 1. The average molecular weight is 567 g/mol. The van der Waals surface area contributed by atoms with Crippen LogP contribution < -0.4 is 10.1 Å². The standard InChI is InChI=1S/C33H34ClF3N2O/c1-38-22-25-11-8-17-29(21-25)40-20-10-19-39(23-28-16-9-18-31(32(28)34)33(35,36)37)24-30(26-12-4-2-5-13-26)27-14-6-3-7-15-27/h2-9,11-18,21,30,38H,10,19-20,22-24H2,1H3. The molecule has 210 valence electrons. The fourth-order valence-corrected chi connectivity index (χ4v) is 5.15. The van der Waals surface area contributed by atoms with Gasteiger partial charge in [-0.2, -0.15) is 13.2 Å². The smallest absolute Gasteiger partial charge is 0.417 e. The van der Waals surface area contributed by atoms with Crippen LogP contribution in [0.1, 0.15) is 40.2 Å². The highest BCUT2D eigenvalue weighted by molar-refractivity contribution is 6.32. The number of hydrogen-bond acceptors (Lipinski definition) is 3. The molecule has 3 nitrogen and oxygen atoms in total. The molecular weight excluding hydrogens is 533 g/mol. The molecule has 0 radical (unpaired) electrons. The largest absolute Gasteiger partial charge is 0.494 e. The van der Waals surface area contributed by atoms with Crippen molar-refractivity contribution in [3.05, 3.63) is 136 Å². The molecule has 4 aromatic rings. The van der Waals surface area contributed by atoms with E-state index in [4.69, 9.17) is 16.3 Å². The number of benzene rings is 4. The van der Waals surface area contributed by atoms with E-state index in [-0.39, 0.29) is 17.5 Å². The minimum atomic E-state index is -4.51. The van der Waals surface area contributed by atoms with E-state index in [0.717, 1.165) is 35.1 Å². The summed E-state index contributed by atoms with van der Waals surface area (Å²) in [6.07, 6.45) is -3.81. The number of alkyl halides is 3. The lowest BCUT2D eigenvalue weighted by Crippen LogP contribution is -2.31. The van der Waals surface area contributed by atoms with E-state index in [2.05, 4.69) is 34.5 Å². The molecular formula is C33H34ClF3N2O. The van der Waals surface area contributed by atoms with E-state index < -0.39 is 11.7 Å². The van der Waals surface area contributed by atoms with Gasteiger partial charge in [0.1, 0.15) is 5.75 Å². The molecule has 0 aliphatic carbocycles. The number of halogens is 4. The minimum Gasteiger partial charge on any atom is -0.494 e. The zero-order chi connectivity index (χ0) is 28.4. The molecule has 0 aromatic heterocycles. The fourth-order valence-electron chi connectivity index (χ4n) is 4.86. The zero-order valence-electron chi connectivity index (χ0n) is 22.5. The Morgan fingerprint density at radius 3 is 2.12 bits per heavy atom. The maximum absolute atomic E-state index is 13.6. The van der Waals surface area contributed by atoms with Crippen molar-refractivity contribution in [1.82, 2.24) is 10.2 Å².